The molecule has 0 aromatic heterocycles. The second-order valence-electron chi connectivity index (χ2n) is 3.61. The van der Waals surface area contributed by atoms with Gasteiger partial charge in [-0.1, -0.05) is 0 Å². The second kappa shape index (κ2) is 4.28. The monoisotopic (exact) mass is 238 g/mol. The quantitative estimate of drug-likeness (QED) is 0.631. The number of ether oxygens (including phenoxy) is 1. The molecule has 2 rings (SSSR count). The Morgan fingerprint density at radius 3 is 2.88 bits per heavy atom. The van der Waals surface area contributed by atoms with Crippen molar-refractivity contribution in [3.8, 4) is 5.75 Å². The lowest BCUT2D eigenvalue weighted by atomic mass is 10.1. The van der Waals surface area contributed by atoms with Gasteiger partial charge in [-0.3, -0.25) is 10.1 Å². The molecular weight excluding hydrogens is 228 g/mol. The molecule has 1 N–H and O–H groups in total. The van der Waals surface area contributed by atoms with Crippen LogP contribution in [0.25, 0.3) is 0 Å². The Labute approximate surface area is 96.4 Å². The van der Waals surface area contributed by atoms with Crippen LogP contribution in [-0.2, 0) is 11.3 Å². The number of rotatable bonds is 3. The van der Waals surface area contributed by atoms with Gasteiger partial charge in [0.15, 0.2) is 0 Å². The van der Waals surface area contributed by atoms with E-state index in [-0.39, 0.29) is 18.0 Å². The molecule has 0 radical (unpaired) electrons. The van der Waals surface area contributed by atoms with E-state index >= 15 is 0 Å². The molecule has 1 saturated heterocycles. The summed E-state index contributed by atoms with van der Waals surface area (Å²) in [6.07, 6.45) is -0.476. The summed E-state index contributed by atoms with van der Waals surface area (Å²) in [7, 11) is 0. The molecule has 0 spiro atoms. The first kappa shape index (κ1) is 11.2. The summed E-state index contributed by atoms with van der Waals surface area (Å²) in [5.41, 5.74) is 0.211. The summed E-state index contributed by atoms with van der Waals surface area (Å²) >= 11 is 0. The van der Waals surface area contributed by atoms with E-state index in [0.717, 1.165) is 0 Å². The first-order chi connectivity index (χ1) is 8.08. The number of nitro groups is 1. The van der Waals surface area contributed by atoms with Crippen molar-refractivity contribution >= 4 is 11.8 Å². The first-order valence-corrected chi connectivity index (χ1v) is 4.96. The number of hydrogen-bond acceptors (Lipinski definition) is 5. The molecule has 1 aromatic carbocycles. The van der Waals surface area contributed by atoms with Crippen molar-refractivity contribution < 1.29 is 19.6 Å². The number of hydrogen-bond donors (Lipinski definition) is 1. The van der Waals surface area contributed by atoms with Crippen LogP contribution in [0.15, 0.2) is 18.2 Å². The predicted molar refractivity (Wildman–Crippen MR) is 56.5 cm³/mol. The van der Waals surface area contributed by atoms with Crippen LogP contribution >= 0.6 is 0 Å². The minimum absolute atomic E-state index is 0.0738. The van der Waals surface area contributed by atoms with Crippen molar-refractivity contribution in [1.29, 1.82) is 0 Å². The number of phenols is 1. The highest BCUT2D eigenvalue weighted by Crippen LogP contribution is 2.25. The lowest BCUT2D eigenvalue weighted by Crippen LogP contribution is -2.23. The molecule has 0 atom stereocenters. The van der Waals surface area contributed by atoms with Gasteiger partial charge in [0.05, 0.1) is 18.0 Å². The van der Waals surface area contributed by atoms with E-state index in [4.69, 9.17) is 4.74 Å². The summed E-state index contributed by atoms with van der Waals surface area (Å²) in [4.78, 5) is 22.6. The van der Waals surface area contributed by atoms with E-state index in [1.54, 1.807) is 0 Å². The number of cyclic esters (lactones) is 1. The van der Waals surface area contributed by atoms with Gasteiger partial charge in [0.2, 0.25) is 0 Å². The Hall–Kier alpha value is -2.31. The third-order valence-electron chi connectivity index (χ3n) is 2.48. The molecule has 0 bridgehead atoms. The fourth-order valence-corrected chi connectivity index (χ4v) is 1.59. The number of carbonyl (C=O) groups excluding carboxylic acids is 1. The fraction of sp³-hybridized carbons (Fsp3) is 0.300. The number of carbonyl (C=O) groups is 1. The number of nitrogens with zero attached hydrogens (tertiary/aromatic N) is 2. The van der Waals surface area contributed by atoms with Gasteiger partial charge in [0.25, 0.3) is 5.69 Å². The number of phenolic OH excluding ortho intramolecular Hbond substituents is 1. The molecule has 90 valence electrons. The maximum atomic E-state index is 11.2. The Morgan fingerprint density at radius 1 is 1.53 bits per heavy atom. The molecular formula is C10H10N2O5. The van der Waals surface area contributed by atoms with Crippen LogP contribution in [0.4, 0.5) is 10.5 Å². The molecule has 0 aliphatic carbocycles. The second-order valence-corrected chi connectivity index (χ2v) is 3.61. The average molecular weight is 238 g/mol. The van der Waals surface area contributed by atoms with Crippen molar-refractivity contribution in [3.05, 3.63) is 33.9 Å². The summed E-state index contributed by atoms with van der Waals surface area (Å²) in [5.74, 6) is -0.0738. The molecule has 7 nitrogen and oxygen atoms in total. The molecule has 1 aliphatic heterocycles. The van der Waals surface area contributed by atoms with Crippen LogP contribution in [0.3, 0.4) is 0 Å². The molecule has 1 heterocycles. The number of aromatic hydroxyl groups is 1. The Morgan fingerprint density at radius 2 is 2.29 bits per heavy atom. The maximum Gasteiger partial charge on any atom is 0.410 e. The van der Waals surface area contributed by atoms with Crippen molar-refractivity contribution in [2.24, 2.45) is 0 Å². The third kappa shape index (κ3) is 2.27. The summed E-state index contributed by atoms with van der Waals surface area (Å²) in [5, 5.41) is 20.1. The number of benzene rings is 1. The van der Waals surface area contributed by atoms with Crippen molar-refractivity contribution in [2.75, 3.05) is 13.2 Å². The maximum absolute atomic E-state index is 11.2. The molecule has 7 heteroatoms. The van der Waals surface area contributed by atoms with Crippen LogP contribution in [0.2, 0.25) is 0 Å². The van der Waals surface area contributed by atoms with Gasteiger partial charge in [-0.05, 0) is 6.07 Å². The largest absolute Gasteiger partial charge is 0.508 e. The van der Waals surface area contributed by atoms with E-state index in [2.05, 4.69) is 0 Å². The molecule has 0 unspecified atom stereocenters. The zero-order valence-corrected chi connectivity index (χ0v) is 8.83. The average Bonchev–Trinajstić information content (AvgIpc) is 2.67. The third-order valence-corrected chi connectivity index (χ3v) is 2.48. The Balaban J connectivity index is 2.22. The summed E-state index contributed by atoms with van der Waals surface area (Å²) in [6.45, 7) is 0.821. The van der Waals surface area contributed by atoms with Crippen LogP contribution < -0.4 is 0 Å². The molecule has 1 amide bonds. The van der Waals surface area contributed by atoms with Crippen LogP contribution in [0.1, 0.15) is 5.56 Å². The molecule has 1 aliphatic rings. The zero-order chi connectivity index (χ0) is 12.4. The summed E-state index contributed by atoms with van der Waals surface area (Å²) in [6, 6.07) is 3.71. The topological polar surface area (TPSA) is 92.9 Å². The lowest BCUT2D eigenvalue weighted by molar-refractivity contribution is -0.385. The Kier molecular flexibility index (Phi) is 2.82. The molecule has 0 saturated carbocycles. The minimum atomic E-state index is -0.550. The van der Waals surface area contributed by atoms with Gasteiger partial charge in [-0.15, -0.1) is 0 Å². The normalized spacial score (nSPS) is 14.8. The van der Waals surface area contributed by atoms with E-state index in [0.29, 0.717) is 18.7 Å². The molecule has 1 fully saturated rings. The number of nitro benzene ring substituents is 1. The van der Waals surface area contributed by atoms with Crippen molar-refractivity contribution in [3.63, 3.8) is 0 Å². The highest BCUT2D eigenvalue weighted by Gasteiger charge is 2.23. The van der Waals surface area contributed by atoms with E-state index in [1.807, 2.05) is 0 Å². The highest BCUT2D eigenvalue weighted by atomic mass is 16.6. The van der Waals surface area contributed by atoms with Gasteiger partial charge < -0.3 is 14.7 Å². The standard InChI is InChI=1S/C10H10N2O5/c13-9-2-1-8(12(15)16)5-7(9)6-11-3-4-17-10(11)14/h1-2,5,13H,3-4,6H2. The van der Waals surface area contributed by atoms with E-state index < -0.39 is 11.0 Å². The number of non-ortho nitro benzene ring substituents is 1. The Bertz CT molecular complexity index is 474. The fourth-order valence-electron chi connectivity index (χ4n) is 1.59. The first-order valence-electron chi connectivity index (χ1n) is 4.96. The lowest BCUT2D eigenvalue weighted by Gasteiger charge is -2.13. The van der Waals surface area contributed by atoms with E-state index in [9.17, 15) is 20.0 Å². The predicted octanol–water partition coefficient (Wildman–Crippen LogP) is 1.25. The summed E-state index contributed by atoms with van der Waals surface area (Å²) < 4.78 is 4.73. The van der Waals surface area contributed by atoms with Crippen molar-refractivity contribution in [1.82, 2.24) is 4.90 Å². The highest BCUT2D eigenvalue weighted by molar-refractivity contribution is 5.69. The van der Waals surface area contributed by atoms with Crippen LogP contribution in [0.5, 0.6) is 5.75 Å². The number of amides is 1. The molecule has 17 heavy (non-hydrogen) atoms. The van der Waals surface area contributed by atoms with Crippen LogP contribution in [0, 0.1) is 10.1 Å². The SMILES string of the molecule is O=C1OCCN1Cc1cc([N+](=O)[O-])ccc1O. The molecule has 1 aromatic rings. The van der Waals surface area contributed by atoms with Gasteiger partial charge in [0, 0.05) is 17.7 Å². The zero-order valence-electron chi connectivity index (χ0n) is 8.83. The van der Waals surface area contributed by atoms with Gasteiger partial charge >= 0.3 is 6.09 Å². The minimum Gasteiger partial charge on any atom is -0.508 e. The van der Waals surface area contributed by atoms with Crippen molar-refractivity contribution in [2.45, 2.75) is 6.54 Å². The van der Waals surface area contributed by atoms with E-state index in [1.165, 1.54) is 23.1 Å². The smallest absolute Gasteiger partial charge is 0.410 e. The van der Waals surface area contributed by atoms with Gasteiger partial charge in [-0.2, -0.15) is 0 Å². The van der Waals surface area contributed by atoms with Gasteiger partial charge in [0.1, 0.15) is 12.4 Å². The van der Waals surface area contributed by atoms with Crippen LogP contribution in [-0.4, -0.2) is 34.2 Å². The van der Waals surface area contributed by atoms with Gasteiger partial charge in [-0.25, -0.2) is 4.79 Å².